The molecule has 2 aliphatic heterocycles. The van der Waals surface area contributed by atoms with Crippen molar-refractivity contribution in [2.75, 3.05) is 26.8 Å². The van der Waals surface area contributed by atoms with Crippen LogP contribution in [0.4, 0.5) is 8.78 Å². The molecule has 4 aromatic rings. The number of likely N-dealkylation sites (tertiary alicyclic amines) is 1. The molecule has 10 nitrogen and oxygen atoms in total. The topological polar surface area (TPSA) is 111 Å². The molecule has 5 heterocycles. The number of hydrogen-bond acceptors (Lipinski definition) is 9. The molecule has 0 amide bonds. The molecule has 0 aliphatic carbocycles. The summed E-state index contributed by atoms with van der Waals surface area (Å²) in [5.74, 6) is -0.104. The van der Waals surface area contributed by atoms with E-state index in [9.17, 15) is 8.78 Å². The third-order valence-corrected chi connectivity index (χ3v) is 7.87. The predicted octanol–water partition coefficient (Wildman–Crippen LogP) is 4.55. The van der Waals surface area contributed by atoms with E-state index in [1.165, 1.54) is 13.2 Å². The average molecular weight is 598 g/mol. The summed E-state index contributed by atoms with van der Waals surface area (Å²) in [6.07, 6.45) is 5.15. The molecule has 220 valence electrons. The number of rotatable bonds is 9. The number of halogens is 3. The van der Waals surface area contributed by atoms with Crippen molar-refractivity contribution in [1.82, 2.24) is 29.4 Å². The van der Waals surface area contributed by atoms with Crippen molar-refractivity contribution >= 4 is 28.5 Å². The largest absolute Gasteiger partial charge is 0.480 e. The quantitative estimate of drug-likeness (QED) is 0.221. The first-order chi connectivity index (χ1) is 20.4. The van der Waals surface area contributed by atoms with Crippen LogP contribution in [0.2, 0.25) is 5.02 Å². The number of pyridine rings is 1. The summed E-state index contributed by atoms with van der Waals surface area (Å²) >= 11 is 5.84. The maximum atomic E-state index is 14.5. The van der Waals surface area contributed by atoms with Crippen molar-refractivity contribution in [3.8, 4) is 5.88 Å². The second-order valence-electron chi connectivity index (χ2n) is 10.5. The fourth-order valence-corrected chi connectivity index (χ4v) is 5.35. The lowest BCUT2D eigenvalue weighted by Gasteiger charge is -2.32. The third kappa shape index (κ3) is 6.20. The van der Waals surface area contributed by atoms with Crippen LogP contribution in [0.25, 0.3) is 11.0 Å². The van der Waals surface area contributed by atoms with E-state index in [4.69, 9.17) is 36.2 Å². The highest BCUT2D eigenvalue weighted by Crippen LogP contribution is 2.25. The van der Waals surface area contributed by atoms with Crippen molar-refractivity contribution in [1.29, 1.82) is 5.41 Å². The summed E-state index contributed by atoms with van der Waals surface area (Å²) in [4.78, 5) is 19.8. The summed E-state index contributed by atoms with van der Waals surface area (Å²) in [5, 5.41) is 8.25. The first-order valence-corrected chi connectivity index (χ1v) is 14.2. The molecule has 0 spiro atoms. The number of nitrogens with zero attached hydrogens (tertiary/aromatic N) is 6. The molecule has 0 radical (unpaired) electrons. The minimum atomic E-state index is -0.653. The van der Waals surface area contributed by atoms with Gasteiger partial charge in [-0.05, 0) is 43.0 Å². The molecule has 6 rings (SSSR count). The smallest absolute Gasteiger partial charge is 0.254 e. The zero-order chi connectivity index (χ0) is 29.2. The molecule has 1 aromatic carbocycles. The molecule has 13 heteroatoms. The van der Waals surface area contributed by atoms with Crippen molar-refractivity contribution in [3.63, 3.8) is 0 Å². The molecule has 0 bridgehead atoms. The third-order valence-electron chi connectivity index (χ3n) is 7.63. The van der Waals surface area contributed by atoms with Crippen LogP contribution in [0.5, 0.6) is 5.88 Å². The fraction of sp³-hybridized carbons (Fsp3) is 0.414. The van der Waals surface area contributed by atoms with E-state index in [2.05, 4.69) is 24.4 Å². The summed E-state index contributed by atoms with van der Waals surface area (Å²) in [7, 11) is 1.44. The number of imidazole rings is 1. The van der Waals surface area contributed by atoms with Crippen LogP contribution in [0.3, 0.4) is 0 Å². The summed E-state index contributed by atoms with van der Waals surface area (Å²) < 4.78 is 47.6. The number of ether oxygens (including phenoxy) is 3. The van der Waals surface area contributed by atoms with Gasteiger partial charge in [-0.2, -0.15) is 9.37 Å². The standard InChI is InChI=1S/C29H30ClF2N7O3/c1-40-28(33)24-12-23-25(14-34-24)39(15-20-6-9-41-20)27(36-23)16-38-7-4-19(5-8-38)42-29-22(32)13-35-26(37-29)10-17-2-3-18(30)11-21(17)31/h2-3,11-14,19-20,33H,4-10,15-16H2,1H3/t20-/m0/s1. The van der Waals surface area contributed by atoms with Gasteiger partial charge in [0.2, 0.25) is 11.7 Å². The van der Waals surface area contributed by atoms with Gasteiger partial charge in [-0.3, -0.25) is 10.3 Å². The number of fused-ring (bicyclic) bond motifs is 1. The molecule has 3 aromatic heterocycles. The molecular formula is C29H30ClF2N7O3. The van der Waals surface area contributed by atoms with E-state index < -0.39 is 11.6 Å². The van der Waals surface area contributed by atoms with Gasteiger partial charge in [-0.25, -0.2) is 19.3 Å². The van der Waals surface area contributed by atoms with Gasteiger partial charge in [0.25, 0.3) is 5.88 Å². The van der Waals surface area contributed by atoms with Crippen molar-refractivity contribution < 1.29 is 23.0 Å². The lowest BCUT2D eigenvalue weighted by atomic mass is 10.1. The van der Waals surface area contributed by atoms with E-state index in [0.717, 1.165) is 49.2 Å². The second-order valence-corrected chi connectivity index (χ2v) is 10.9. The highest BCUT2D eigenvalue weighted by Gasteiger charge is 2.26. The Labute approximate surface area is 246 Å². The Bertz CT molecular complexity index is 1610. The Hall–Kier alpha value is -3.74. The van der Waals surface area contributed by atoms with E-state index in [0.29, 0.717) is 42.2 Å². The molecule has 1 atom stereocenters. The molecule has 1 N–H and O–H groups in total. The Morgan fingerprint density at radius 1 is 1.10 bits per heavy atom. The van der Waals surface area contributed by atoms with Crippen LogP contribution in [-0.2, 0) is 29.0 Å². The molecule has 2 aliphatic rings. The van der Waals surface area contributed by atoms with Crippen molar-refractivity contribution in [3.05, 3.63) is 76.2 Å². The Kier molecular flexibility index (Phi) is 8.27. The van der Waals surface area contributed by atoms with Gasteiger partial charge in [-0.1, -0.05) is 17.7 Å². The number of nitrogens with one attached hydrogen (secondary N) is 1. The summed E-state index contributed by atoms with van der Waals surface area (Å²) in [6.45, 7) is 3.51. The number of piperidine rings is 1. The molecule has 42 heavy (non-hydrogen) atoms. The molecule has 0 saturated carbocycles. The van der Waals surface area contributed by atoms with Gasteiger partial charge in [0.15, 0.2) is 0 Å². The highest BCUT2D eigenvalue weighted by atomic mass is 35.5. The minimum absolute atomic E-state index is 0.0122. The number of benzene rings is 1. The minimum Gasteiger partial charge on any atom is -0.480 e. The van der Waals surface area contributed by atoms with Gasteiger partial charge in [0.1, 0.15) is 29.3 Å². The van der Waals surface area contributed by atoms with Gasteiger partial charge in [0.05, 0.1) is 49.7 Å². The van der Waals surface area contributed by atoms with Crippen LogP contribution in [0.15, 0.2) is 36.7 Å². The number of aromatic nitrogens is 5. The van der Waals surface area contributed by atoms with E-state index in [1.54, 1.807) is 24.4 Å². The first-order valence-electron chi connectivity index (χ1n) is 13.8. The van der Waals surface area contributed by atoms with Gasteiger partial charge >= 0.3 is 0 Å². The highest BCUT2D eigenvalue weighted by molar-refractivity contribution is 6.30. The van der Waals surface area contributed by atoms with Gasteiger partial charge in [0, 0.05) is 31.1 Å². The normalized spacial score (nSPS) is 17.8. The molecular weight excluding hydrogens is 568 g/mol. The molecule has 0 unspecified atom stereocenters. The zero-order valence-corrected chi connectivity index (χ0v) is 23.8. The first kappa shape index (κ1) is 28.4. The molecule has 2 saturated heterocycles. The number of hydrogen-bond donors (Lipinski definition) is 1. The predicted molar refractivity (Wildman–Crippen MR) is 151 cm³/mol. The van der Waals surface area contributed by atoms with Crippen LogP contribution in [0.1, 0.15) is 42.2 Å². The van der Waals surface area contributed by atoms with Gasteiger partial charge in [-0.15, -0.1) is 0 Å². The van der Waals surface area contributed by atoms with Crippen LogP contribution >= 0.6 is 11.6 Å². The Balaban J connectivity index is 1.11. The lowest BCUT2D eigenvalue weighted by molar-refractivity contribution is -0.0592. The summed E-state index contributed by atoms with van der Waals surface area (Å²) in [6, 6.07) is 6.15. The lowest BCUT2D eigenvalue weighted by Crippen LogP contribution is -2.39. The fourth-order valence-electron chi connectivity index (χ4n) is 5.19. The number of methoxy groups -OCH3 is 1. The van der Waals surface area contributed by atoms with E-state index in [-0.39, 0.29) is 36.2 Å². The average Bonchev–Trinajstić information content (AvgIpc) is 3.30. The second kappa shape index (κ2) is 12.2. The van der Waals surface area contributed by atoms with E-state index >= 15 is 0 Å². The zero-order valence-electron chi connectivity index (χ0n) is 23.0. The van der Waals surface area contributed by atoms with Crippen LogP contribution < -0.4 is 4.74 Å². The Morgan fingerprint density at radius 3 is 2.62 bits per heavy atom. The van der Waals surface area contributed by atoms with Crippen molar-refractivity contribution in [2.24, 2.45) is 0 Å². The monoisotopic (exact) mass is 597 g/mol. The van der Waals surface area contributed by atoms with E-state index in [1.807, 2.05) is 0 Å². The maximum absolute atomic E-state index is 14.5. The van der Waals surface area contributed by atoms with Crippen LogP contribution in [-0.4, -0.2) is 74.3 Å². The maximum Gasteiger partial charge on any atom is 0.254 e. The van der Waals surface area contributed by atoms with Crippen molar-refractivity contribution in [2.45, 2.75) is 51.0 Å². The summed E-state index contributed by atoms with van der Waals surface area (Å²) in [5.41, 5.74) is 2.43. The van der Waals surface area contributed by atoms with Gasteiger partial charge < -0.3 is 18.8 Å². The Morgan fingerprint density at radius 2 is 1.90 bits per heavy atom. The SMILES string of the molecule is COC(=N)c1cc2nc(CN3CCC(Oc4nc(Cc5ccc(Cl)cc5F)ncc4F)CC3)n(C[C@@H]3CCO3)c2cn1. The molecule has 2 fully saturated rings. The van der Waals surface area contributed by atoms with Crippen LogP contribution in [0, 0.1) is 17.0 Å².